The second kappa shape index (κ2) is 5.85. The molecule has 0 aromatic rings. The molecule has 0 aromatic carbocycles. The molecule has 0 aliphatic carbocycles. The average molecular weight is 184 g/mol. The van der Waals surface area contributed by atoms with E-state index in [2.05, 4.69) is 4.74 Å². The van der Waals surface area contributed by atoms with Gasteiger partial charge in [-0.1, -0.05) is 0 Å². The van der Waals surface area contributed by atoms with Gasteiger partial charge in [0.05, 0.1) is 13.3 Å². The van der Waals surface area contributed by atoms with Gasteiger partial charge in [-0.05, 0) is 6.92 Å². The minimum Gasteiger partial charge on any atom is -0.464 e. The van der Waals surface area contributed by atoms with Crippen LogP contribution in [0.1, 0.15) is 13.3 Å². The molecule has 0 aliphatic rings. The quantitative estimate of drug-likeness (QED) is 0.606. The fourth-order valence-corrected chi connectivity index (χ4v) is 0.620. The number of rotatable bonds is 5. The Morgan fingerprint density at radius 1 is 1.50 bits per heavy atom. The Morgan fingerprint density at radius 3 is 2.50 bits per heavy atom. The number of hydrogen-bond acceptors (Lipinski definition) is 2. The van der Waals surface area contributed by atoms with E-state index >= 15 is 0 Å². The van der Waals surface area contributed by atoms with E-state index < -0.39 is 31.4 Å². The summed E-state index contributed by atoms with van der Waals surface area (Å²) in [5.41, 5.74) is 0. The number of ether oxygens (including phenoxy) is 1. The largest absolute Gasteiger partial charge is 0.464 e. The highest BCUT2D eigenvalue weighted by atomic mass is 19.2. The second-order valence-corrected chi connectivity index (χ2v) is 2.15. The lowest BCUT2D eigenvalue weighted by Gasteiger charge is -2.10. The van der Waals surface area contributed by atoms with Gasteiger partial charge in [-0.3, -0.25) is 4.39 Å². The molecule has 72 valence electrons. The second-order valence-electron chi connectivity index (χ2n) is 2.15. The van der Waals surface area contributed by atoms with Crippen molar-refractivity contribution in [3.05, 3.63) is 0 Å². The van der Waals surface area contributed by atoms with Crippen LogP contribution in [-0.4, -0.2) is 31.6 Å². The van der Waals surface area contributed by atoms with Crippen LogP contribution in [0.15, 0.2) is 0 Å². The summed E-state index contributed by atoms with van der Waals surface area (Å²) >= 11 is 0. The lowest BCUT2D eigenvalue weighted by atomic mass is 10.2. The molecule has 2 nitrogen and oxygen atoms in total. The van der Waals surface area contributed by atoms with Crippen LogP contribution < -0.4 is 0 Å². The minimum atomic E-state index is -2.36. The molecule has 2 atom stereocenters. The number of hydrogen-bond donors (Lipinski definition) is 0. The summed E-state index contributed by atoms with van der Waals surface area (Å²) in [6.45, 7) is 0.482. The molecule has 0 bridgehead atoms. The van der Waals surface area contributed by atoms with Gasteiger partial charge in [-0.2, -0.15) is 0 Å². The Morgan fingerprint density at radius 2 is 2.08 bits per heavy atom. The fourth-order valence-electron chi connectivity index (χ4n) is 0.620. The molecule has 0 saturated heterocycles. The highest BCUT2D eigenvalue weighted by Crippen LogP contribution is 2.10. The SMILES string of the molecule is CCOC(=O)C(F)C(F)CCF. The fraction of sp³-hybridized carbons (Fsp3) is 0.857. The molecule has 0 aromatic heterocycles. The molecule has 5 heteroatoms. The van der Waals surface area contributed by atoms with Crippen LogP contribution in [0, 0.1) is 0 Å². The standard InChI is InChI=1S/C7H11F3O2/c1-2-12-7(11)6(10)5(9)3-4-8/h5-6H,2-4H2,1H3. The summed E-state index contributed by atoms with van der Waals surface area (Å²) in [5.74, 6) is -1.27. The van der Waals surface area contributed by atoms with Crippen LogP contribution in [-0.2, 0) is 9.53 Å². The average Bonchev–Trinajstić information content (AvgIpc) is 2.04. The molecular formula is C7H11F3O2. The predicted molar refractivity (Wildman–Crippen MR) is 37.0 cm³/mol. The molecule has 0 N–H and O–H groups in total. The number of carbonyl (C=O) groups excluding carboxylic acids is 1. The topological polar surface area (TPSA) is 26.3 Å². The van der Waals surface area contributed by atoms with E-state index in [1.54, 1.807) is 0 Å². The molecule has 12 heavy (non-hydrogen) atoms. The van der Waals surface area contributed by atoms with Crippen molar-refractivity contribution in [2.75, 3.05) is 13.3 Å². The van der Waals surface area contributed by atoms with Crippen molar-refractivity contribution in [2.24, 2.45) is 0 Å². The van der Waals surface area contributed by atoms with Crippen LogP contribution >= 0.6 is 0 Å². The number of carbonyl (C=O) groups is 1. The van der Waals surface area contributed by atoms with Crippen molar-refractivity contribution >= 4 is 5.97 Å². The first-order chi connectivity index (χ1) is 5.63. The summed E-state index contributed by atoms with van der Waals surface area (Å²) in [4.78, 5) is 10.5. The predicted octanol–water partition coefficient (Wildman–Crippen LogP) is 1.59. The van der Waals surface area contributed by atoms with Gasteiger partial charge in [-0.15, -0.1) is 0 Å². The van der Waals surface area contributed by atoms with Crippen LogP contribution in [0.4, 0.5) is 13.2 Å². The van der Waals surface area contributed by atoms with Gasteiger partial charge in [0.15, 0.2) is 0 Å². The zero-order valence-corrected chi connectivity index (χ0v) is 6.73. The lowest BCUT2D eigenvalue weighted by Crippen LogP contribution is -2.29. The Kier molecular flexibility index (Phi) is 5.49. The first-order valence-corrected chi connectivity index (χ1v) is 3.64. The number of alkyl halides is 3. The Labute approximate surface area is 68.7 Å². The summed E-state index contributed by atoms with van der Waals surface area (Å²) in [6, 6.07) is 0. The first kappa shape index (κ1) is 11.3. The molecular weight excluding hydrogens is 173 g/mol. The summed E-state index contributed by atoms with van der Waals surface area (Å²) in [5, 5.41) is 0. The third kappa shape index (κ3) is 3.59. The van der Waals surface area contributed by atoms with Gasteiger partial charge in [0.25, 0.3) is 0 Å². The molecule has 0 spiro atoms. The van der Waals surface area contributed by atoms with E-state index in [1.807, 2.05) is 0 Å². The zero-order valence-electron chi connectivity index (χ0n) is 6.73. The van der Waals surface area contributed by atoms with Crippen molar-refractivity contribution in [1.82, 2.24) is 0 Å². The third-order valence-electron chi connectivity index (χ3n) is 1.21. The minimum absolute atomic E-state index is 0.0123. The Balaban J connectivity index is 3.82. The van der Waals surface area contributed by atoms with E-state index in [1.165, 1.54) is 6.92 Å². The molecule has 0 rings (SSSR count). The van der Waals surface area contributed by atoms with Gasteiger partial charge in [0, 0.05) is 6.42 Å². The van der Waals surface area contributed by atoms with Crippen molar-refractivity contribution in [3.63, 3.8) is 0 Å². The maximum Gasteiger partial charge on any atom is 0.343 e. The third-order valence-corrected chi connectivity index (χ3v) is 1.21. The van der Waals surface area contributed by atoms with Crippen LogP contribution in [0.5, 0.6) is 0 Å². The highest BCUT2D eigenvalue weighted by molar-refractivity contribution is 5.75. The van der Waals surface area contributed by atoms with E-state index in [9.17, 15) is 18.0 Å². The normalized spacial score (nSPS) is 15.3. The van der Waals surface area contributed by atoms with Crippen LogP contribution in [0.2, 0.25) is 0 Å². The summed E-state index contributed by atoms with van der Waals surface area (Å²) in [7, 11) is 0. The molecule has 0 amide bonds. The van der Waals surface area contributed by atoms with Crippen molar-refractivity contribution < 1.29 is 22.7 Å². The molecule has 2 unspecified atom stereocenters. The number of halogens is 3. The first-order valence-electron chi connectivity index (χ1n) is 3.64. The van der Waals surface area contributed by atoms with Crippen molar-refractivity contribution in [1.29, 1.82) is 0 Å². The smallest absolute Gasteiger partial charge is 0.343 e. The van der Waals surface area contributed by atoms with Gasteiger partial charge >= 0.3 is 5.97 Å². The highest BCUT2D eigenvalue weighted by Gasteiger charge is 2.28. The van der Waals surface area contributed by atoms with Crippen LogP contribution in [0.3, 0.4) is 0 Å². The van der Waals surface area contributed by atoms with E-state index in [-0.39, 0.29) is 6.61 Å². The zero-order chi connectivity index (χ0) is 9.56. The van der Waals surface area contributed by atoms with Gasteiger partial charge in [0.1, 0.15) is 6.17 Å². The van der Waals surface area contributed by atoms with E-state index in [0.717, 1.165) is 0 Å². The summed E-state index contributed by atoms with van der Waals surface area (Å²) < 4.78 is 40.7. The van der Waals surface area contributed by atoms with Crippen molar-refractivity contribution in [2.45, 2.75) is 25.7 Å². The molecule has 0 fully saturated rings. The maximum absolute atomic E-state index is 12.5. The van der Waals surface area contributed by atoms with Gasteiger partial charge in [-0.25, -0.2) is 13.6 Å². The van der Waals surface area contributed by atoms with Crippen LogP contribution in [0.25, 0.3) is 0 Å². The Bertz CT molecular complexity index is 141. The molecule has 0 heterocycles. The molecule has 0 radical (unpaired) electrons. The number of esters is 1. The van der Waals surface area contributed by atoms with Gasteiger partial charge < -0.3 is 4.74 Å². The monoisotopic (exact) mass is 184 g/mol. The maximum atomic E-state index is 12.5. The molecule has 0 aliphatic heterocycles. The van der Waals surface area contributed by atoms with Gasteiger partial charge in [0.2, 0.25) is 6.17 Å². The summed E-state index contributed by atoms with van der Waals surface area (Å²) in [6.07, 6.45) is -5.07. The van der Waals surface area contributed by atoms with Crippen molar-refractivity contribution in [3.8, 4) is 0 Å². The van der Waals surface area contributed by atoms with E-state index in [0.29, 0.717) is 0 Å². The van der Waals surface area contributed by atoms with E-state index in [4.69, 9.17) is 0 Å². The lowest BCUT2D eigenvalue weighted by molar-refractivity contribution is -0.151. The molecule has 0 saturated carbocycles. The Hall–Kier alpha value is -0.740.